The molecule has 1 aliphatic carbocycles. The van der Waals surface area contributed by atoms with Crippen LogP contribution in [0.3, 0.4) is 0 Å². The van der Waals surface area contributed by atoms with Gasteiger partial charge in [0.05, 0.1) is 11.3 Å². The van der Waals surface area contributed by atoms with Gasteiger partial charge in [-0.2, -0.15) is 0 Å². The Hall–Kier alpha value is -1.58. The van der Waals surface area contributed by atoms with Gasteiger partial charge in [0.15, 0.2) is 0 Å². The number of hydrogen-bond acceptors (Lipinski definition) is 3. The van der Waals surface area contributed by atoms with Crippen molar-refractivity contribution in [2.75, 3.05) is 11.9 Å². The van der Waals surface area contributed by atoms with Crippen molar-refractivity contribution < 1.29 is 4.79 Å². The minimum absolute atomic E-state index is 0.00389. The monoisotopic (exact) mass is 275 g/mol. The van der Waals surface area contributed by atoms with Gasteiger partial charge < -0.3 is 10.6 Å². The van der Waals surface area contributed by atoms with Crippen molar-refractivity contribution in [3.63, 3.8) is 0 Å². The van der Waals surface area contributed by atoms with Gasteiger partial charge in [0.25, 0.3) is 5.91 Å². The third kappa shape index (κ3) is 3.71. The quantitative estimate of drug-likeness (QED) is 0.867. The van der Waals surface area contributed by atoms with E-state index in [1.54, 1.807) is 12.4 Å². The first-order chi connectivity index (χ1) is 9.74. The lowest BCUT2D eigenvalue weighted by Crippen LogP contribution is -2.38. The van der Waals surface area contributed by atoms with E-state index in [4.69, 9.17) is 0 Å². The zero-order valence-corrected chi connectivity index (χ0v) is 12.5. The van der Waals surface area contributed by atoms with E-state index >= 15 is 0 Å². The number of aromatic nitrogens is 1. The Morgan fingerprint density at radius 1 is 1.40 bits per heavy atom. The van der Waals surface area contributed by atoms with Crippen LogP contribution in [0, 0.1) is 5.92 Å². The van der Waals surface area contributed by atoms with Gasteiger partial charge in [-0.1, -0.05) is 26.2 Å². The molecule has 110 valence electrons. The normalized spacial score (nSPS) is 22.3. The molecule has 0 radical (unpaired) electrons. The molecular weight excluding hydrogens is 250 g/mol. The summed E-state index contributed by atoms with van der Waals surface area (Å²) in [5.74, 6) is 0.756. The summed E-state index contributed by atoms with van der Waals surface area (Å²) in [5.41, 5.74) is 1.51. The van der Waals surface area contributed by atoms with Crippen LogP contribution in [-0.4, -0.2) is 23.5 Å². The number of nitrogens with one attached hydrogen (secondary N) is 2. The van der Waals surface area contributed by atoms with Crippen LogP contribution in [0.15, 0.2) is 18.5 Å². The van der Waals surface area contributed by atoms with Crippen molar-refractivity contribution in [3.8, 4) is 0 Å². The smallest absolute Gasteiger partial charge is 0.255 e. The molecule has 2 N–H and O–H groups in total. The van der Waals surface area contributed by atoms with E-state index in [0.29, 0.717) is 11.6 Å². The average molecular weight is 275 g/mol. The highest BCUT2D eigenvalue weighted by atomic mass is 16.1. The molecular formula is C16H25N3O. The van der Waals surface area contributed by atoms with Gasteiger partial charge in [0, 0.05) is 25.0 Å². The van der Waals surface area contributed by atoms with Gasteiger partial charge in [-0.25, -0.2) is 0 Å². The number of amides is 1. The fraction of sp³-hybridized carbons (Fsp3) is 0.625. The van der Waals surface area contributed by atoms with Crippen molar-refractivity contribution in [3.05, 3.63) is 24.0 Å². The first-order valence-corrected chi connectivity index (χ1v) is 7.73. The van der Waals surface area contributed by atoms with Crippen LogP contribution in [0.5, 0.6) is 0 Å². The highest BCUT2D eigenvalue weighted by Crippen LogP contribution is 2.27. The summed E-state index contributed by atoms with van der Waals surface area (Å²) in [6, 6.07) is 2.17. The maximum Gasteiger partial charge on any atom is 0.255 e. The molecule has 2 rings (SSSR count). The minimum atomic E-state index is -0.00389. The average Bonchev–Trinajstić information content (AvgIpc) is 2.48. The number of hydrogen-bond donors (Lipinski definition) is 2. The minimum Gasteiger partial charge on any atom is -0.385 e. The van der Waals surface area contributed by atoms with Gasteiger partial charge in [-0.3, -0.25) is 9.78 Å². The van der Waals surface area contributed by atoms with Crippen molar-refractivity contribution in [1.82, 2.24) is 10.3 Å². The molecule has 0 aromatic carbocycles. The summed E-state index contributed by atoms with van der Waals surface area (Å²) in [5, 5.41) is 6.39. The van der Waals surface area contributed by atoms with Gasteiger partial charge >= 0.3 is 0 Å². The van der Waals surface area contributed by atoms with Crippen LogP contribution in [0.4, 0.5) is 5.69 Å². The molecule has 0 spiro atoms. The molecule has 0 aliphatic heterocycles. The predicted molar refractivity (Wildman–Crippen MR) is 81.9 cm³/mol. The number of nitrogens with zero attached hydrogens (tertiary/aromatic N) is 1. The van der Waals surface area contributed by atoms with E-state index in [2.05, 4.69) is 22.5 Å². The first-order valence-electron chi connectivity index (χ1n) is 7.73. The lowest BCUT2D eigenvalue weighted by molar-refractivity contribution is 0.0919. The van der Waals surface area contributed by atoms with Crippen LogP contribution < -0.4 is 10.6 Å². The van der Waals surface area contributed by atoms with Gasteiger partial charge in [0.1, 0.15) is 0 Å². The Balaban J connectivity index is 2.01. The van der Waals surface area contributed by atoms with E-state index < -0.39 is 0 Å². The molecule has 2 atom stereocenters. The van der Waals surface area contributed by atoms with Crippen LogP contribution in [-0.2, 0) is 0 Å². The molecule has 1 aliphatic rings. The van der Waals surface area contributed by atoms with Crippen LogP contribution in [0.2, 0.25) is 0 Å². The second-order valence-electron chi connectivity index (χ2n) is 5.56. The third-order valence-corrected chi connectivity index (χ3v) is 4.13. The van der Waals surface area contributed by atoms with Gasteiger partial charge in [-0.05, 0) is 31.7 Å². The topological polar surface area (TPSA) is 54.0 Å². The van der Waals surface area contributed by atoms with Crippen molar-refractivity contribution in [1.29, 1.82) is 0 Å². The van der Waals surface area contributed by atoms with Crippen molar-refractivity contribution >= 4 is 11.6 Å². The highest BCUT2D eigenvalue weighted by molar-refractivity contribution is 5.99. The van der Waals surface area contributed by atoms with E-state index in [1.807, 2.05) is 13.0 Å². The molecule has 2 unspecified atom stereocenters. The number of anilines is 1. The summed E-state index contributed by atoms with van der Waals surface area (Å²) in [6.07, 6.45) is 9.30. The molecule has 1 heterocycles. The van der Waals surface area contributed by atoms with Crippen LogP contribution >= 0.6 is 0 Å². The fourth-order valence-electron chi connectivity index (χ4n) is 2.98. The Kier molecular flexibility index (Phi) is 5.39. The number of pyridine rings is 1. The summed E-state index contributed by atoms with van der Waals surface area (Å²) in [6.45, 7) is 5.06. The standard InChI is InChI=1S/C16H25N3O/c1-3-12-6-5-7-13(10-12)19-16(20)14-11-17-9-8-15(14)18-4-2/h8-9,11-13H,3-7,10H2,1-2H3,(H,17,18)(H,19,20). The number of rotatable bonds is 5. The third-order valence-electron chi connectivity index (χ3n) is 4.13. The number of carbonyl (C=O) groups is 1. The van der Waals surface area contributed by atoms with Crippen LogP contribution in [0.1, 0.15) is 56.3 Å². The summed E-state index contributed by atoms with van der Waals surface area (Å²) >= 11 is 0. The molecule has 4 heteroatoms. The molecule has 1 amide bonds. The van der Waals surface area contributed by atoms with E-state index in [-0.39, 0.29) is 5.91 Å². The first kappa shape index (κ1) is 14.8. The highest BCUT2D eigenvalue weighted by Gasteiger charge is 2.23. The SMILES string of the molecule is CCNc1ccncc1C(=O)NC1CCCC(CC)C1. The zero-order chi connectivity index (χ0) is 14.4. The van der Waals surface area contributed by atoms with Crippen LogP contribution in [0.25, 0.3) is 0 Å². The lowest BCUT2D eigenvalue weighted by Gasteiger charge is -2.29. The maximum absolute atomic E-state index is 12.4. The second kappa shape index (κ2) is 7.27. The maximum atomic E-state index is 12.4. The summed E-state index contributed by atoms with van der Waals surface area (Å²) in [4.78, 5) is 16.5. The Morgan fingerprint density at radius 2 is 2.25 bits per heavy atom. The van der Waals surface area contributed by atoms with E-state index in [1.165, 1.54) is 19.3 Å². The zero-order valence-electron chi connectivity index (χ0n) is 12.5. The predicted octanol–water partition coefficient (Wildman–Crippen LogP) is 3.21. The molecule has 1 saturated carbocycles. The number of carbonyl (C=O) groups excluding carboxylic acids is 1. The Bertz CT molecular complexity index is 447. The summed E-state index contributed by atoms with van der Waals surface area (Å²) < 4.78 is 0. The molecule has 0 saturated heterocycles. The largest absolute Gasteiger partial charge is 0.385 e. The summed E-state index contributed by atoms with van der Waals surface area (Å²) in [7, 11) is 0. The lowest BCUT2D eigenvalue weighted by atomic mass is 9.84. The molecule has 1 fully saturated rings. The van der Waals surface area contributed by atoms with Gasteiger partial charge in [-0.15, -0.1) is 0 Å². The van der Waals surface area contributed by atoms with E-state index in [0.717, 1.165) is 31.0 Å². The molecule has 20 heavy (non-hydrogen) atoms. The Labute approximate surface area is 121 Å². The van der Waals surface area contributed by atoms with Crippen molar-refractivity contribution in [2.24, 2.45) is 5.92 Å². The fourth-order valence-corrected chi connectivity index (χ4v) is 2.98. The Morgan fingerprint density at radius 3 is 3.00 bits per heavy atom. The van der Waals surface area contributed by atoms with E-state index in [9.17, 15) is 4.79 Å². The molecule has 1 aromatic heterocycles. The molecule has 4 nitrogen and oxygen atoms in total. The molecule has 1 aromatic rings. The van der Waals surface area contributed by atoms with Gasteiger partial charge in [0.2, 0.25) is 0 Å². The van der Waals surface area contributed by atoms with Crippen molar-refractivity contribution in [2.45, 2.75) is 52.0 Å². The molecule has 0 bridgehead atoms. The second-order valence-corrected chi connectivity index (χ2v) is 5.56.